The van der Waals surface area contributed by atoms with Crippen molar-refractivity contribution in [2.45, 2.75) is 30.3 Å². The molecule has 1 fully saturated rings. The number of hydrogen-bond acceptors (Lipinski definition) is 7. The van der Waals surface area contributed by atoms with Gasteiger partial charge in [-0.2, -0.15) is 0 Å². The molecule has 36 heavy (non-hydrogen) atoms. The molecule has 2 heterocycles. The van der Waals surface area contributed by atoms with E-state index in [4.69, 9.17) is 25.8 Å². The second kappa shape index (κ2) is 10.1. The molecule has 190 valence electrons. The van der Waals surface area contributed by atoms with E-state index >= 15 is 0 Å². The van der Waals surface area contributed by atoms with Crippen molar-refractivity contribution in [3.63, 3.8) is 0 Å². The minimum Gasteiger partial charge on any atom is -0.504 e. The molecule has 8 nitrogen and oxygen atoms in total. The van der Waals surface area contributed by atoms with Crippen LogP contribution >= 0.6 is 11.6 Å². The Morgan fingerprint density at radius 2 is 1.78 bits per heavy atom. The van der Waals surface area contributed by atoms with E-state index in [9.17, 15) is 13.5 Å². The van der Waals surface area contributed by atoms with Crippen molar-refractivity contribution in [1.82, 2.24) is 4.90 Å². The number of fused-ring (bicyclic) bond motifs is 1. The van der Waals surface area contributed by atoms with Gasteiger partial charge in [0.1, 0.15) is 0 Å². The van der Waals surface area contributed by atoms with Crippen LogP contribution in [0.2, 0.25) is 5.02 Å². The molecule has 0 atom stereocenters. The minimum absolute atomic E-state index is 0.109. The highest BCUT2D eigenvalue weighted by Gasteiger charge is 2.35. The van der Waals surface area contributed by atoms with E-state index in [0.717, 1.165) is 5.56 Å². The van der Waals surface area contributed by atoms with Crippen LogP contribution in [0, 0.1) is 0 Å². The largest absolute Gasteiger partial charge is 0.504 e. The van der Waals surface area contributed by atoms with Crippen LogP contribution in [0.4, 0.5) is 5.69 Å². The number of para-hydroxylation sites is 1. The predicted octanol–water partition coefficient (Wildman–Crippen LogP) is 4.64. The van der Waals surface area contributed by atoms with Gasteiger partial charge in [-0.3, -0.25) is 9.21 Å². The van der Waals surface area contributed by atoms with Crippen LogP contribution in [0.25, 0.3) is 0 Å². The number of rotatable bonds is 7. The van der Waals surface area contributed by atoms with E-state index in [-0.39, 0.29) is 23.5 Å². The SMILES string of the molecule is COc1cccc(CN2CCC(N(c3ccc4c(c3)OCO4)S(=O)(=O)c3ccc(Cl)cc3)CC2)c1O. The molecule has 5 rings (SSSR count). The number of methoxy groups -OCH3 is 1. The Labute approximate surface area is 215 Å². The van der Waals surface area contributed by atoms with Gasteiger partial charge in [0.2, 0.25) is 6.79 Å². The Morgan fingerprint density at radius 1 is 1.06 bits per heavy atom. The number of aromatic hydroxyl groups is 1. The fraction of sp³-hybridized carbons (Fsp3) is 0.308. The number of halogens is 1. The number of benzene rings is 3. The van der Waals surface area contributed by atoms with Crippen molar-refractivity contribution >= 4 is 27.3 Å². The second-order valence-corrected chi connectivity index (χ2v) is 11.0. The lowest BCUT2D eigenvalue weighted by Crippen LogP contribution is -2.47. The third-order valence-corrected chi connectivity index (χ3v) is 8.71. The fourth-order valence-corrected chi connectivity index (χ4v) is 6.53. The van der Waals surface area contributed by atoms with Gasteiger partial charge >= 0.3 is 0 Å². The Kier molecular flexibility index (Phi) is 6.87. The lowest BCUT2D eigenvalue weighted by Gasteiger charge is -2.39. The van der Waals surface area contributed by atoms with Crippen LogP contribution in [-0.4, -0.2) is 51.5 Å². The van der Waals surface area contributed by atoms with E-state index in [1.54, 1.807) is 36.4 Å². The van der Waals surface area contributed by atoms with Crippen LogP contribution in [0.15, 0.2) is 65.6 Å². The number of piperidine rings is 1. The first-order valence-corrected chi connectivity index (χ1v) is 13.5. The van der Waals surface area contributed by atoms with Crippen molar-refractivity contribution in [3.8, 4) is 23.0 Å². The molecule has 0 amide bonds. The summed E-state index contributed by atoms with van der Waals surface area (Å²) in [4.78, 5) is 2.38. The van der Waals surface area contributed by atoms with Crippen LogP contribution in [0.1, 0.15) is 18.4 Å². The quantitative estimate of drug-likeness (QED) is 0.476. The van der Waals surface area contributed by atoms with Crippen LogP contribution in [-0.2, 0) is 16.6 Å². The molecule has 0 saturated carbocycles. The maximum atomic E-state index is 13.9. The van der Waals surface area contributed by atoms with Crippen molar-refractivity contribution in [2.75, 3.05) is 31.3 Å². The summed E-state index contributed by atoms with van der Waals surface area (Å²) in [6, 6.07) is 16.6. The van der Waals surface area contributed by atoms with Crippen LogP contribution in [0.3, 0.4) is 0 Å². The Balaban J connectivity index is 1.40. The number of hydrogen-bond donors (Lipinski definition) is 1. The van der Waals surface area contributed by atoms with Crippen molar-refractivity contribution in [2.24, 2.45) is 0 Å². The zero-order chi connectivity index (χ0) is 25.3. The first-order chi connectivity index (χ1) is 17.4. The summed E-state index contributed by atoms with van der Waals surface area (Å²) in [6.45, 7) is 1.99. The molecule has 3 aromatic rings. The number of ether oxygens (including phenoxy) is 3. The lowest BCUT2D eigenvalue weighted by atomic mass is 10.0. The zero-order valence-electron chi connectivity index (χ0n) is 19.8. The summed E-state index contributed by atoms with van der Waals surface area (Å²) in [5.74, 6) is 1.69. The highest BCUT2D eigenvalue weighted by molar-refractivity contribution is 7.92. The standard InChI is InChI=1S/C26H27ClN2O6S/c1-33-24-4-2-3-18(26(24)30)16-28-13-11-20(12-14-28)29(21-7-10-23-25(15-21)35-17-34-23)36(31,32)22-8-5-19(27)6-9-22/h2-10,15,20,30H,11-14,16-17H2,1H3. The summed E-state index contributed by atoms with van der Waals surface area (Å²) in [7, 11) is -2.35. The third kappa shape index (κ3) is 4.78. The minimum atomic E-state index is -3.88. The molecule has 0 aromatic heterocycles. The molecular formula is C26H27ClN2O6S. The van der Waals surface area contributed by atoms with Crippen LogP contribution < -0.4 is 18.5 Å². The molecule has 0 spiro atoms. The molecule has 10 heteroatoms. The van der Waals surface area contributed by atoms with E-state index in [2.05, 4.69) is 4.90 Å². The maximum absolute atomic E-state index is 13.9. The van der Waals surface area contributed by atoms with Gasteiger partial charge in [0, 0.05) is 42.3 Å². The van der Waals surface area contributed by atoms with E-state index in [1.165, 1.54) is 23.5 Å². The van der Waals surface area contributed by atoms with E-state index < -0.39 is 10.0 Å². The number of sulfonamides is 1. The topological polar surface area (TPSA) is 88.5 Å². The summed E-state index contributed by atoms with van der Waals surface area (Å²) in [6.07, 6.45) is 1.23. The maximum Gasteiger partial charge on any atom is 0.264 e. The van der Waals surface area contributed by atoms with Gasteiger partial charge in [-0.15, -0.1) is 0 Å². The van der Waals surface area contributed by atoms with Crippen LogP contribution in [0.5, 0.6) is 23.0 Å². The molecular weight excluding hydrogens is 504 g/mol. The molecule has 2 aliphatic heterocycles. The molecule has 0 aliphatic carbocycles. The van der Waals surface area contributed by atoms with E-state index in [0.29, 0.717) is 60.4 Å². The highest BCUT2D eigenvalue weighted by Crippen LogP contribution is 2.39. The Hall–Kier alpha value is -3.14. The molecule has 0 radical (unpaired) electrons. The number of anilines is 1. The summed E-state index contributed by atoms with van der Waals surface area (Å²) < 4.78 is 45.4. The van der Waals surface area contributed by atoms with Gasteiger partial charge in [0.25, 0.3) is 10.0 Å². The normalized spacial score (nSPS) is 16.2. The lowest BCUT2D eigenvalue weighted by molar-refractivity contribution is 0.174. The highest BCUT2D eigenvalue weighted by atomic mass is 35.5. The van der Waals surface area contributed by atoms with Crippen molar-refractivity contribution in [1.29, 1.82) is 0 Å². The molecule has 3 aromatic carbocycles. The average Bonchev–Trinajstić information content (AvgIpc) is 3.35. The van der Waals surface area contributed by atoms with Gasteiger partial charge in [0.05, 0.1) is 17.7 Å². The van der Waals surface area contributed by atoms with Gasteiger partial charge in [-0.05, 0) is 55.3 Å². The van der Waals surface area contributed by atoms with Gasteiger partial charge < -0.3 is 19.3 Å². The molecule has 1 saturated heterocycles. The first kappa shape index (κ1) is 24.5. The van der Waals surface area contributed by atoms with E-state index in [1.807, 2.05) is 12.1 Å². The number of phenolic OH excluding ortho intramolecular Hbond substituents is 1. The summed E-state index contributed by atoms with van der Waals surface area (Å²) >= 11 is 6.01. The average molecular weight is 531 g/mol. The molecule has 0 unspecified atom stereocenters. The number of phenols is 1. The number of likely N-dealkylation sites (tertiary alicyclic amines) is 1. The Morgan fingerprint density at radius 3 is 2.50 bits per heavy atom. The fourth-order valence-electron chi connectivity index (χ4n) is 4.70. The predicted molar refractivity (Wildman–Crippen MR) is 137 cm³/mol. The number of nitrogens with zero attached hydrogens (tertiary/aromatic N) is 2. The summed E-state index contributed by atoms with van der Waals surface area (Å²) in [5.41, 5.74) is 1.30. The zero-order valence-corrected chi connectivity index (χ0v) is 21.3. The third-order valence-electron chi connectivity index (χ3n) is 6.57. The Bertz CT molecular complexity index is 1340. The van der Waals surface area contributed by atoms with Gasteiger partial charge in [-0.1, -0.05) is 23.7 Å². The molecule has 1 N–H and O–H groups in total. The van der Waals surface area contributed by atoms with Gasteiger partial charge in [0.15, 0.2) is 23.0 Å². The van der Waals surface area contributed by atoms with Crippen molar-refractivity contribution in [3.05, 3.63) is 71.2 Å². The van der Waals surface area contributed by atoms with Crippen molar-refractivity contribution < 1.29 is 27.7 Å². The molecule has 2 aliphatic rings. The first-order valence-electron chi connectivity index (χ1n) is 11.6. The van der Waals surface area contributed by atoms with Gasteiger partial charge in [-0.25, -0.2) is 8.42 Å². The smallest absolute Gasteiger partial charge is 0.264 e. The second-order valence-electron chi connectivity index (χ2n) is 8.77. The monoisotopic (exact) mass is 530 g/mol. The summed E-state index contributed by atoms with van der Waals surface area (Å²) in [5, 5.41) is 10.9. The molecule has 0 bridgehead atoms.